The fourth-order valence-corrected chi connectivity index (χ4v) is 2.37. The van der Waals surface area contributed by atoms with Crippen LogP contribution in [0.5, 0.6) is 17.2 Å². The third kappa shape index (κ3) is 5.91. The third-order valence-corrected chi connectivity index (χ3v) is 3.60. The van der Waals surface area contributed by atoms with Crippen molar-refractivity contribution in [3.05, 3.63) is 53.6 Å². The Kier molecular flexibility index (Phi) is 7.05. The van der Waals surface area contributed by atoms with E-state index in [-0.39, 0.29) is 18.4 Å². The van der Waals surface area contributed by atoms with Crippen molar-refractivity contribution in [3.63, 3.8) is 0 Å². The van der Waals surface area contributed by atoms with Crippen molar-refractivity contribution in [2.45, 2.75) is 26.4 Å². The lowest BCUT2D eigenvalue weighted by Gasteiger charge is -2.14. The normalized spacial score (nSPS) is 10.3. The van der Waals surface area contributed by atoms with Gasteiger partial charge in [0.15, 0.2) is 11.5 Å². The Morgan fingerprint density at radius 3 is 2.41 bits per heavy atom. The molecule has 144 valence electrons. The molecule has 2 aromatic carbocycles. The minimum atomic E-state index is -0.455. The van der Waals surface area contributed by atoms with E-state index < -0.39 is 5.91 Å². The second-order valence-corrected chi connectivity index (χ2v) is 6.06. The zero-order valence-corrected chi connectivity index (χ0v) is 15.9. The van der Waals surface area contributed by atoms with Crippen molar-refractivity contribution in [1.29, 1.82) is 0 Å². The third-order valence-electron chi connectivity index (χ3n) is 3.60. The van der Waals surface area contributed by atoms with Gasteiger partial charge in [-0.05, 0) is 49.7 Å². The van der Waals surface area contributed by atoms with Crippen LogP contribution in [0.15, 0.2) is 42.5 Å². The predicted octanol–water partition coefficient (Wildman–Crippen LogP) is 2.49. The number of carbonyl (C=O) groups is 2. The highest BCUT2D eigenvalue weighted by Gasteiger charge is 2.13. The first-order valence-corrected chi connectivity index (χ1v) is 8.49. The van der Waals surface area contributed by atoms with Gasteiger partial charge in [-0.3, -0.25) is 20.4 Å². The molecule has 7 heteroatoms. The van der Waals surface area contributed by atoms with Gasteiger partial charge in [0.25, 0.3) is 5.91 Å². The predicted molar refractivity (Wildman–Crippen MR) is 101 cm³/mol. The number of hydrogen-bond donors (Lipinski definition) is 2. The second kappa shape index (κ2) is 9.47. The first-order valence-electron chi connectivity index (χ1n) is 8.49. The summed E-state index contributed by atoms with van der Waals surface area (Å²) in [5.74, 6) is 0.858. The Morgan fingerprint density at radius 2 is 1.74 bits per heavy atom. The smallest absolute Gasteiger partial charge is 0.269 e. The molecule has 0 heterocycles. The zero-order valence-electron chi connectivity index (χ0n) is 15.9. The van der Waals surface area contributed by atoms with Crippen molar-refractivity contribution in [2.75, 3.05) is 14.2 Å². The molecule has 0 aromatic heterocycles. The molecule has 2 aromatic rings. The molecule has 2 N–H and O–H groups in total. The molecule has 0 saturated heterocycles. The summed E-state index contributed by atoms with van der Waals surface area (Å²) >= 11 is 0. The van der Waals surface area contributed by atoms with Crippen molar-refractivity contribution >= 4 is 11.8 Å². The molecular formula is C20H24N2O5. The van der Waals surface area contributed by atoms with E-state index in [1.165, 1.54) is 7.11 Å². The lowest BCUT2D eigenvalue weighted by Crippen LogP contribution is -2.42. The number of nitrogens with one attached hydrogen (secondary N) is 2. The van der Waals surface area contributed by atoms with Crippen molar-refractivity contribution in [3.8, 4) is 17.2 Å². The van der Waals surface area contributed by atoms with Gasteiger partial charge in [0.1, 0.15) is 5.75 Å². The van der Waals surface area contributed by atoms with Gasteiger partial charge in [-0.2, -0.15) is 0 Å². The largest absolute Gasteiger partial charge is 0.497 e. The number of ether oxygens (including phenoxy) is 3. The number of hydrogen-bond acceptors (Lipinski definition) is 5. The van der Waals surface area contributed by atoms with E-state index in [1.807, 2.05) is 19.9 Å². The summed E-state index contributed by atoms with van der Waals surface area (Å²) in [6.45, 7) is 3.80. The van der Waals surface area contributed by atoms with Gasteiger partial charge >= 0.3 is 0 Å². The zero-order chi connectivity index (χ0) is 19.8. The molecule has 0 fully saturated rings. The standard InChI is InChI=1S/C20H24N2O5/c1-13(2)27-17-9-8-15(12-18(17)26-4)20(24)22-21-19(23)11-14-6-5-7-16(10-14)25-3/h5-10,12-13H,11H2,1-4H3,(H,21,23)(H,22,24). The van der Waals surface area contributed by atoms with Gasteiger partial charge in [0.05, 0.1) is 26.7 Å². The van der Waals surface area contributed by atoms with E-state index in [0.717, 1.165) is 5.56 Å². The summed E-state index contributed by atoms with van der Waals surface area (Å²) in [7, 11) is 3.06. The maximum Gasteiger partial charge on any atom is 0.269 e. The van der Waals surface area contributed by atoms with Crippen LogP contribution in [-0.4, -0.2) is 32.1 Å². The van der Waals surface area contributed by atoms with E-state index in [4.69, 9.17) is 14.2 Å². The number of methoxy groups -OCH3 is 2. The van der Waals surface area contributed by atoms with E-state index >= 15 is 0 Å². The Hall–Kier alpha value is -3.22. The van der Waals surface area contributed by atoms with Gasteiger partial charge in [0, 0.05) is 5.56 Å². The molecule has 0 bridgehead atoms. The van der Waals surface area contributed by atoms with E-state index in [9.17, 15) is 9.59 Å². The van der Waals surface area contributed by atoms with Gasteiger partial charge < -0.3 is 14.2 Å². The highest BCUT2D eigenvalue weighted by molar-refractivity contribution is 5.96. The first kappa shape index (κ1) is 20.1. The van der Waals surface area contributed by atoms with Gasteiger partial charge in [-0.25, -0.2) is 0 Å². The maximum atomic E-state index is 12.3. The van der Waals surface area contributed by atoms with Crippen LogP contribution < -0.4 is 25.1 Å². The average molecular weight is 372 g/mol. The lowest BCUT2D eigenvalue weighted by molar-refractivity contribution is -0.121. The molecule has 0 aliphatic carbocycles. The van der Waals surface area contributed by atoms with Crippen LogP contribution in [0.4, 0.5) is 0 Å². The molecule has 0 spiro atoms. The fraction of sp³-hybridized carbons (Fsp3) is 0.300. The molecule has 0 unspecified atom stereocenters. The molecule has 0 aliphatic rings. The molecular weight excluding hydrogens is 348 g/mol. The Balaban J connectivity index is 1.95. The summed E-state index contributed by atoms with van der Waals surface area (Å²) < 4.78 is 16.0. The van der Waals surface area contributed by atoms with Crippen LogP contribution >= 0.6 is 0 Å². The number of carbonyl (C=O) groups excluding carboxylic acids is 2. The van der Waals surface area contributed by atoms with Crippen LogP contribution in [0.3, 0.4) is 0 Å². The van der Waals surface area contributed by atoms with Crippen LogP contribution in [0.2, 0.25) is 0 Å². The Morgan fingerprint density at radius 1 is 0.963 bits per heavy atom. The molecule has 2 amide bonds. The quantitative estimate of drug-likeness (QED) is 0.730. The molecule has 0 saturated carbocycles. The van der Waals surface area contributed by atoms with Crippen LogP contribution in [0, 0.1) is 0 Å². The minimum Gasteiger partial charge on any atom is -0.497 e. The lowest BCUT2D eigenvalue weighted by atomic mass is 10.1. The second-order valence-electron chi connectivity index (χ2n) is 6.06. The van der Waals surface area contributed by atoms with Crippen molar-refractivity contribution < 1.29 is 23.8 Å². The number of hydrazine groups is 1. The van der Waals surface area contributed by atoms with Crippen molar-refractivity contribution in [2.24, 2.45) is 0 Å². The summed E-state index contributed by atoms with van der Waals surface area (Å²) in [6.07, 6.45) is 0.0941. The Bertz CT molecular complexity index is 805. The van der Waals surface area contributed by atoms with E-state index in [2.05, 4.69) is 10.9 Å². The maximum absolute atomic E-state index is 12.3. The molecule has 0 atom stereocenters. The van der Waals surface area contributed by atoms with Gasteiger partial charge in [0.2, 0.25) is 5.91 Å². The molecule has 0 radical (unpaired) electrons. The Labute approximate surface area is 158 Å². The van der Waals surface area contributed by atoms with E-state index in [0.29, 0.717) is 22.8 Å². The summed E-state index contributed by atoms with van der Waals surface area (Å²) in [5, 5.41) is 0. The van der Waals surface area contributed by atoms with Gasteiger partial charge in [-0.15, -0.1) is 0 Å². The van der Waals surface area contributed by atoms with Crippen LogP contribution in [0.25, 0.3) is 0 Å². The average Bonchev–Trinajstić information content (AvgIpc) is 2.66. The molecule has 7 nitrogen and oxygen atoms in total. The fourth-order valence-electron chi connectivity index (χ4n) is 2.37. The van der Waals surface area contributed by atoms with Crippen molar-refractivity contribution in [1.82, 2.24) is 10.9 Å². The molecule has 2 rings (SSSR count). The van der Waals surface area contributed by atoms with Crippen LogP contribution in [-0.2, 0) is 11.2 Å². The molecule has 0 aliphatic heterocycles. The highest BCUT2D eigenvalue weighted by atomic mass is 16.5. The SMILES string of the molecule is COc1cccc(CC(=O)NNC(=O)c2ccc(OC(C)C)c(OC)c2)c1. The summed E-state index contributed by atoms with van der Waals surface area (Å²) in [4.78, 5) is 24.3. The monoisotopic (exact) mass is 372 g/mol. The number of benzene rings is 2. The first-order chi connectivity index (χ1) is 12.9. The topological polar surface area (TPSA) is 85.9 Å². The molecule has 27 heavy (non-hydrogen) atoms. The summed E-state index contributed by atoms with van der Waals surface area (Å²) in [6, 6.07) is 12.0. The van der Waals surface area contributed by atoms with Crippen LogP contribution in [0.1, 0.15) is 29.8 Å². The number of amides is 2. The minimum absolute atomic E-state index is 0.0190. The van der Waals surface area contributed by atoms with E-state index in [1.54, 1.807) is 43.5 Å². The summed E-state index contributed by atoms with van der Waals surface area (Å²) in [5.41, 5.74) is 5.91. The highest BCUT2D eigenvalue weighted by Crippen LogP contribution is 2.28. The van der Waals surface area contributed by atoms with Gasteiger partial charge in [-0.1, -0.05) is 12.1 Å². The number of rotatable bonds is 7.